The highest BCUT2D eigenvalue weighted by molar-refractivity contribution is 5.99. The molecular formula is C31H40N12O3. The Morgan fingerprint density at radius 1 is 1.04 bits per heavy atom. The van der Waals surface area contributed by atoms with E-state index in [1.807, 2.05) is 22.9 Å². The number of hydrogen-bond donors (Lipinski definition) is 3. The summed E-state index contributed by atoms with van der Waals surface area (Å²) in [6.45, 7) is 9.30. The molecule has 6 rings (SSSR count). The molecule has 0 atom stereocenters. The molecule has 1 saturated heterocycles. The first-order valence-corrected chi connectivity index (χ1v) is 15.7. The van der Waals surface area contributed by atoms with Gasteiger partial charge in [-0.2, -0.15) is 10.1 Å². The predicted octanol–water partition coefficient (Wildman–Crippen LogP) is 2.81. The van der Waals surface area contributed by atoms with Crippen molar-refractivity contribution in [2.45, 2.75) is 32.7 Å². The van der Waals surface area contributed by atoms with E-state index in [9.17, 15) is 4.79 Å². The van der Waals surface area contributed by atoms with Crippen molar-refractivity contribution in [2.24, 2.45) is 0 Å². The summed E-state index contributed by atoms with van der Waals surface area (Å²) < 4.78 is 13.1. The highest BCUT2D eigenvalue weighted by Gasteiger charge is 2.20. The highest BCUT2D eigenvalue weighted by Crippen LogP contribution is 2.32. The number of nitrogens with zero attached hydrogens (tertiary/aromatic N) is 9. The van der Waals surface area contributed by atoms with Crippen molar-refractivity contribution in [3.63, 3.8) is 0 Å². The summed E-state index contributed by atoms with van der Waals surface area (Å²) in [5.74, 6) is 0.816. The first-order valence-electron chi connectivity index (χ1n) is 15.7. The molecule has 0 unspecified atom stereocenters. The van der Waals surface area contributed by atoms with Gasteiger partial charge in [0.25, 0.3) is 11.9 Å². The molecule has 4 aromatic heterocycles. The lowest BCUT2D eigenvalue weighted by atomic mass is 10.1. The van der Waals surface area contributed by atoms with Crippen molar-refractivity contribution < 1.29 is 13.9 Å². The van der Waals surface area contributed by atoms with Crippen LogP contribution in [0, 0.1) is 0 Å². The third-order valence-electron chi connectivity index (χ3n) is 7.97. The van der Waals surface area contributed by atoms with Crippen LogP contribution >= 0.6 is 0 Å². The second kappa shape index (κ2) is 14.5. The number of amides is 1. The number of aromatic nitrogens is 7. The van der Waals surface area contributed by atoms with Gasteiger partial charge in [-0.1, -0.05) is 6.92 Å². The van der Waals surface area contributed by atoms with E-state index in [-0.39, 0.29) is 5.91 Å². The summed E-state index contributed by atoms with van der Waals surface area (Å²) in [4.78, 5) is 39.4. The number of oxazole rings is 1. The summed E-state index contributed by atoms with van der Waals surface area (Å²) in [5, 5.41) is 11.4. The van der Waals surface area contributed by atoms with Crippen molar-refractivity contribution in [2.75, 3.05) is 75.5 Å². The molecule has 0 bridgehead atoms. The summed E-state index contributed by atoms with van der Waals surface area (Å²) in [7, 11) is 1.76. The maximum Gasteiger partial charge on any atom is 0.295 e. The smallest absolute Gasteiger partial charge is 0.295 e. The molecule has 5 aromatic rings. The van der Waals surface area contributed by atoms with Gasteiger partial charge in [0.15, 0.2) is 11.2 Å². The molecule has 15 heteroatoms. The summed E-state index contributed by atoms with van der Waals surface area (Å²) in [6, 6.07) is 6.13. The number of piperazine rings is 1. The molecule has 0 radical (unpaired) electrons. The maximum absolute atomic E-state index is 12.8. The van der Waals surface area contributed by atoms with Crippen LogP contribution in [-0.2, 0) is 11.3 Å². The SMILES string of the molecule is CCCOCCN1CCN(c2ncc(C(=O)NCCCCn3nc(-c4ccc5oc(NC)nc5c4)c4c(N)ncnc43)cn2)CC1. The zero-order chi connectivity index (χ0) is 31.9. The Morgan fingerprint density at radius 2 is 1.87 bits per heavy atom. The number of nitrogens with two attached hydrogens (primary N) is 1. The van der Waals surface area contributed by atoms with Gasteiger partial charge < -0.3 is 30.4 Å². The van der Waals surface area contributed by atoms with Crippen LogP contribution in [0.1, 0.15) is 36.5 Å². The molecule has 242 valence electrons. The van der Waals surface area contributed by atoms with Crippen LogP contribution in [0.3, 0.4) is 0 Å². The van der Waals surface area contributed by atoms with E-state index in [0.717, 1.165) is 70.8 Å². The van der Waals surface area contributed by atoms with Crippen molar-refractivity contribution in [3.8, 4) is 11.3 Å². The zero-order valence-electron chi connectivity index (χ0n) is 26.3. The minimum absolute atomic E-state index is 0.194. The number of ether oxygens (including phenoxy) is 1. The third kappa shape index (κ3) is 7.00. The Hall–Kier alpha value is -4.89. The van der Waals surface area contributed by atoms with Gasteiger partial charge in [-0.25, -0.2) is 24.6 Å². The molecule has 15 nitrogen and oxygen atoms in total. The average molecular weight is 629 g/mol. The molecule has 1 amide bonds. The van der Waals surface area contributed by atoms with E-state index >= 15 is 0 Å². The quantitative estimate of drug-likeness (QED) is 0.153. The number of anilines is 3. The molecular weight excluding hydrogens is 588 g/mol. The Balaban J connectivity index is 0.996. The predicted molar refractivity (Wildman–Crippen MR) is 176 cm³/mol. The Morgan fingerprint density at radius 3 is 2.65 bits per heavy atom. The lowest BCUT2D eigenvalue weighted by Crippen LogP contribution is -2.47. The van der Waals surface area contributed by atoms with Gasteiger partial charge in [0.05, 0.1) is 17.6 Å². The van der Waals surface area contributed by atoms with Crippen LogP contribution < -0.4 is 21.3 Å². The van der Waals surface area contributed by atoms with E-state index in [2.05, 4.69) is 52.3 Å². The number of nitrogens with one attached hydrogen (secondary N) is 2. The fourth-order valence-electron chi connectivity index (χ4n) is 5.47. The van der Waals surface area contributed by atoms with Gasteiger partial charge in [0.2, 0.25) is 5.95 Å². The lowest BCUT2D eigenvalue weighted by Gasteiger charge is -2.34. The Kier molecular flexibility index (Phi) is 9.79. The van der Waals surface area contributed by atoms with Crippen molar-refractivity contribution in [3.05, 3.63) is 42.5 Å². The van der Waals surface area contributed by atoms with E-state index in [1.165, 1.54) is 6.33 Å². The standard InChI is InChI=1S/C31H40N12O3/c1-3-15-45-16-14-41-10-12-42(13-11-41)30-35-18-22(19-36-30)29(44)34-8-4-5-9-43-28-25(27(32)37-20-38-28)26(40-43)21-6-7-24-23(17-21)39-31(33-2)46-24/h6-7,17-20H,3-5,8-16H2,1-2H3,(H,33,39)(H,34,44)(H2,32,37,38). The number of hydrogen-bond acceptors (Lipinski definition) is 13. The molecule has 1 fully saturated rings. The molecule has 46 heavy (non-hydrogen) atoms. The molecule has 1 aliphatic rings. The topological polar surface area (TPSA) is 178 Å². The van der Waals surface area contributed by atoms with Crippen molar-refractivity contribution >= 4 is 45.8 Å². The van der Waals surface area contributed by atoms with Crippen LogP contribution in [0.5, 0.6) is 0 Å². The fourth-order valence-corrected chi connectivity index (χ4v) is 5.47. The van der Waals surface area contributed by atoms with Crippen LogP contribution in [0.4, 0.5) is 17.8 Å². The van der Waals surface area contributed by atoms with Gasteiger partial charge in [0.1, 0.15) is 23.4 Å². The second-order valence-electron chi connectivity index (χ2n) is 11.2. The second-order valence-corrected chi connectivity index (χ2v) is 11.2. The number of carbonyl (C=O) groups excluding carboxylic acids is 1. The molecule has 0 aliphatic carbocycles. The van der Waals surface area contributed by atoms with E-state index in [1.54, 1.807) is 19.4 Å². The van der Waals surface area contributed by atoms with Crippen LogP contribution in [0.25, 0.3) is 33.4 Å². The number of unbranched alkanes of at least 4 members (excludes halogenated alkanes) is 1. The monoisotopic (exact) mass is 628 g/mol. The number of carbonyl (C=O) groups is 1. The number of nitrogen functional groups attached to an aromatic ring is 1. The lowest BCUT2D eigenvalue weighted by molar-refractivity contribution is 0.0952. The molecule has 0 saturated carbocycles. The van der Waals surface area contributed by atoms with Gasteiger partial charge in [-0.3, -0.25) is 9.69 Å². The molecule has 1 aromatic carbocycles. The largest absolute Gasteiger partial charge is 0.424 e. The number of rotatable bonds is 14. The third-order valence-corrected chi connectivity index (χ3v) is 7.97. The number of aryl methyl sites for hydroxylation is 1. The zero-order valence-corrected chi connectivity index (χ0v) is 26.3. The summed E-state index contributed by atoms with van der Waals surface area (Å²) in [6.07, 6.45) is 7.19. The molecule has 1 aliphatic heterocycles. The summed E-state index contributed by atoms with van der Waals surface area (Å²) >= 11 is 0. The summed E-state index contributed by atoms with van der Waals surface area (Å²) in [5.41, 5.74) is 10.3. The Bertz CT molecular complexity index is 1760. The number of fused-ring (bicyclic) bond motifs is 2. The van der Waals surface area contributed by atoms with Gasteiger partial charge in [0, 0.05) is 77.4 Å². The van der Waals surface area contributed by atoms with Crippen LogP contribution in [0.15, 0.2) is 41.3 Å². The van der Waals surface area contributed by atoms with E-state index in [4.69, 9.17) is 20.0 Å². The molecule has 0 spiro atoms. The Labute approximate surface area is 266 Å². The van der Waals surface area contributed by atoms with Gasteiger partial charge in [-0.15, -0.1) is 0 Å². The normalized spacial score (nSPS) is 13.9. The minimum Gasteiger partial charge on any atom is -0.424 e. The van der Waals surface area contributed by atoms with Gasteiger partial charge >= 0.3 is 0 Å². The van der Waals surface area contributed by atoms with Crippen LogP contribution in [0.2, 0.25) is 0 Å². The van der Waals surface area contributed by atoms with Crippen molar-refractivity contribution in [1.82, 2.24) is 44.9 Å². The minimum atomic E-state index is -0.194. The van der Waals surface area contributed by atoms with Crippen molar-refractivity contribution in [1.29, 1.82) is 0 Å². The fraction of sp³-hybridized carbons (Fsp3) is 0.452. The van der Waals surface area contributed by atoms with E-state index in [0.29, 0.717) is 64.3 Å². The average Bonchev–Trinajstić information content (AvgIpc) is 3.68. The first kappa shape index (κ1) is 31.1. The maximum atomic E-state index is 12.8. The first-order chi connectivity index (χ1) is 22.5. The number of benzene rings is 1. The van der Waals surface area contributed by atoms with Gasteiger partial charge in [-0.05, 0) is 37.5 Å². The molecule has 5 heterocycles. The highest BCUT2D eigenvalue weighted by atomic mass is 16.5. The van der Waals surface area contributed by atoms with Crippen LogP contribution in [-0.4, -0.2) is 105 Å². The molecule has 4 N–H and O–H groups in total. The van der Waals surface area contributed by atoms with E-state index < -0.39 is 0 Å².